The van der Waals surface area contributed by atoms with Gasteiger partial charge in [-0.3, -0.25) is 0 Å². The summed E-state index contributed by atoms with van der Waals surface area (Å²) in [5.74, 6) is 1.33. The number of halogens is 3. The van der Waals surface area contributed by atoms with E-state index >= 15 is 0 Å². The van der Waals surface area contributed by atoms with Crippen LogP contribution in [-0.2, 0) is 0 Å². The summed E-state index contributed by atoms with van der Waals surface area (Å²) >= 11 is 15.5. The summed E-state index contributed by atoms with van der Waals surface area (Å²) in [6.45, 7) is 2.03. The molecule has 1 heterocycles. The molecule has 0 N–H and O–H groups in total. The third-order valence-corrected chi connectivity index (χ3v) is 5.31. The second-order valence-electron chi connectivity index (χ2n) is 5.46. The molecule has 0 fully saturated rings. The van der Waals surface area contributed by atoms with E-state index in [1.807, 2.05) is 37.3 Å². The topological polar surface area (TPSA) is 36.9 Å². The van der Waals surface area contributed by atoms with E-state index in [0.717, 1.165) is 21.4 Å². The number of allylic oxidation sites excluding steroid dienone is 1. The normalized spacial score (nSPS) is 11.4. The van der Waals surface area contributed by atoms with Gasteiger partial charge in [0.15, 0.2) is 0 Å². The fourth-order valence-electron chi connectivity index (χ4n) is 2.32. The lowest BCUT2D eigenvalue weighted by Crippen LogP contribution is -1.82. The minimum atomic E-state index is 0.407. The van der Waals surface area contributed by atoms with Crippen LogP contribution < -0.4 is 0 Å². The first kappa shape index (κ1) is 17.8. The molecule has 5 heteroatoms. The van der Waals surface area contributed by atoms with Crippen molar-refractivity contribution >= 4 is 50.8 Å². The Morgan fingerprint density at radius 3 is 2.56 bits per heavy atom. The highest BCUT2D eigenvalue weighted by Gasteiger charge is 2.08. The van der Waals surface area contributed by atoms with Crippen molar-refractivity contribution in [3.8, 4) is 17.4 Å². The highest BCUT2D eigenvalue weighted by molar-refractivity contribution is 9.10. The van der Waals surface area contributed by atoms with Crippen LogP contribution in [0.2, 0.25) is 10.0 Å². The quantitative estimate of drug-likeness (QED) is 0.404. The number of benzene rings is 2. The van der Waals surface area contributed by atoms with Crippen molar-refractivity contribution in [3.05, 3.63) is 79.9 Å². The number of nitriles is 1. The monoisotopic (exact) mass is 431 g/mol. The van der Waals surface area contributed by atoms with Gasteiger partial charge < -0.3 is 4.42 Å². The van der Waals surface area contributed by atoms with Crippen LogP contribution in [0.15, 0.2) is 57.4 Å². The zero-order chi connectivity index (χ0) is 18.0. The number of aryl methyl sites for hydroxylation is 1. The van der Waals surface area contributed by atoms with Gasteiger partial charge in [-0.2, -0.15) is 5.26 Å². The summed E-state index contributed by atoms with van der Waals surface area (Å²) in [5, 5.41) is 10.3. The highest BCUT2D eigenvalue weighted by atomic mass is 79.9. The minimum absolute atomic E-state index is 0.407. The van der Waals surface area contributed by atoms with Crippen molar-refractivity contribution in [1.82, 2.24) is 0 Å². The van der Waals surface area contributed by atoms with Crippen LogP contribution >= 0.6 is 39.1 Å². The van der Waals surface area contributed by atoms with Gasteiger partial charge in [-0.15, -0.1) is 0 Å². The van der Waals surface area contributed by atoms with Gasteiger partial charge in [0.05, 0.1) is 21.7 Å². The van der Waals surface area contributed by atoms with E-state index in [2.05, 4.69) is 22.0 Å². The second-order valence-corrected chi connectivity index (χ2v) is 7.13. The molecule has 0 bridgehead atoms. The summed E-state index contributed by atoms with van der Waals surface area (Å²) < 4.78 is 6.89. The van der Waals surface area contributed by atoms with E-state index in [0.29, 0.717) is 26.9 Å². The first-order valence-electron chi connectivity index (χ1n) is 7.41. The summed E-state index contributed by atoms with van der Waals surface area (Å²) in [6.07, 6.45) is 1.69. The van der Waals surface area contributed by atoms with E-state index in [9.17, 15) is 5.26 Å². The molecule has 124 valence electrons. The second kappa shape index (κ2) is 7.49. The van der Waals surface area contributed by atoms with E-state index in [1.54, 1.807) is 24.3 Å². The maximum Gasteiger partial charge on any atom is 0.134 e. The number of rotatable bonds is 3. The molecule has 25 heavy (non-hydrogen) atoms. The molecule has 1 aromatic heterocycles. The smallest absolute Gasteiger partial charge is 0.134 e. The Labute approximate surface area is 164 Å². The zero-order valence-corrected chi connectivity index (χ0v) is 16.3. The maximum atomic E-state index is 9.45. The standard InChI is InChI=1S/C20H12BrCl2NO/c1-12-2-3-14(9-17(12)21)20-7-5-16(25-20)8-15(11-24)13-4-6-18(22)19(23)10-13/h2-10H,1H3/b15-8-. The van der Waals surface area contributed by atoms with Gasteiger partial charge in [0.25, 0.3) is 0 Å². The Kier molecular flexibility index (Phi) is 5.34. The van der Waals surface area contributed by atoms with E-state index in [1.165, 1.54) is 0 Å². The molecular weight excluding hydrogens is 421 g/mol. The van der Waals surface area contributed by atoms with Crippen molar-refractivity contribution < 1.29 is 4.42 Å². The van der Waals surface area contributed by atoms with E-state index in [4.69, 9.17) is 27.6 Å². The Morgan fingerprint density at radius 1 is 1.08 bits per heavy atom. The maximum absolute atomic E-state index is 9.45. The molecule has 0 saturated heterocycles. The van der Waals surface area contributed by atoms with Gasteiger partial charge in [-0.05, 0) is 54.5 Å². The number of hydrogen-bond donors (Lipinski definition) is 0. The van der Waals surface area contributed by atoms with Crippen LogP contribution in [0, 0.1) is 18.3 Å². The highest BCUT2D eigenvalue weighted by Crippen LogP contribution is 2.30. The Bertz CT molecular complexity index is 1010. The fraction of sp³-hybridized carbons (Fsp3) is 0.0500. The zero-order valence-electron chi connectivity index (χ0n) is 13.2. The molecular formula is C20H12BrCl2NO. The van der Waals surface area contributed by atoms with Crippen molar-refractivity contribution in [3.63, 3.8) is 0 Å². The van der Waals surface area contributed by atoms with Gasteiger partial charge in [0, 0.05) is 10.0 Å². The van der Waals surface area contributed by atoms with Crippen molar-refractivity contribution in [1.29, 1.82) is 5.26 Å². The van der Waals surface area contributed by atoms with Crippen LogP contribution in [0.1, 0.15) is 16.9 Å². The number of furan rings is 1. The van der Waals surface area contributed by atoms with Crippen LogP contribution in [0.25, 0.3) is 23.0 Å². The third-order valence-electron chi connectivity index (χ3n) is 3.72. The molecule has 0 aliphatic rings. The van der Waals surface area contributed by atoms with Gasteiger partial charge in [-0.1, -0.05) is 57.3 Å². The Morgan fingerprint density at radius 2 is 1.88 bits per heavy atom. The lowest BCUT2D eigenvalue weighted by atomic mass is 10.1. The first-order chi connectivity index (χ1) is 12.0. The summed E-state index contributed by atoms with van der Waals surface area (Å²) in [6, 6.07) is 17.0. The molecule has 0 radical (unpaired) electrons. The summed E-state index contributed by atoms with van der Waals surface area (Å²) in [5.41, 5.74) is 3.25. The van der Waals surface area contributed by atoms with Gasteiger partial charge in [-0.25, -0.2) is 0 Å². The molecule has 0 saturated carbocycles. The molecule has 2 aromatic carbocycles. The molecule has 0 aliphatic carbocycles. The van der Waals surface area contributed by atoms with Crippen molar-refractivity contribution in [2.24, 2.45) is 0 Å². The molecule has 3 rings (SSSR count). The molecule has 2 nitrogen and oxygen atoms in total. The van der Waals surface area contributed by atoms with Crippen LogP contribution in [-0.4, -0.2) is 0 Å². The summed E-state index contributed by atoms with van der Waals surface area (Å²) in [7, 11) is 0. The molecule has 0 atom stereocenters. The predicted molar refractivity (Wildman–Crippen MR) is 107 cm³/mol. The van der Waals surface area contributed by atoms with Crippen LogP contribution in [0.3, 0.4) is 0 Å². The molecule has 0 spiro atoms. The van der Waals surface area contributed by atoms with Crippen molar-refractivity contribution in [2.45, 2.75) is 6.92 Å². The van der Waals surface area contributed by atoms with Crippen LogP contribution in [0.4, 0.5) is 0 Å². The minimum Gasteiger partial charge on any atom is -0.457 e. The van der Waals surface area contributed by atoms with Gasteiger partial charge >= 0.3 is 0 Å². The summed E-state index contributed by atoms with van der Waals surface area (Å²) in [4.78, 5) is 0. The molecule has 0 aliphatic heterocycles. The van der Waals surface area contributed by atoms with Gasteiger partial charge in [0.2, 0.25) is 0 Å². The number of hydrogen-bond acceptors (Lipinski definition) is 2. The van der Waals surface area contributed by atoms with E-state index in [-0.39, 0.29) is 0 Å². The van der Waals surface area contributed by atoms with E-state index < -0.39 is 0 Å². The molecule has 3 aromatic rings. The predicted octanol–water partition coefficient (Wildman–Crippen LogP) is 7.39. The lowest BCUT2D eigenvalue weighted by Gasteiger charge is -2.02. The largest absolute Gasteiger partial charge is 0.457 e. The number of nitrogens with zero attached hydrogens (tertiary/aromatic N) is 1. The Balaban J connectivity index is 1.95. The van der Waals surface area contributed by atoms with Gasteiger partial charge in [0.1, 0.15) is 11.5 Å². The average molecular weight is 433 g/mol. The lowest BCUT2D eigenvalue weighted by molar-refractivity contribution is 0.572. The SMILES string of the molecule is Cc1ccc(-c2ccc(/C=C(/C#N)c3ccc(Cl)c(Cl)c3)o2)cc1Br. The Hall–Kier alpha value is -1.99. The third kappa shape index (κ3) is 3.99. The first-order valence-corrected chi connectivity index (χ1v) is 8.96. The molecule has 0 unspecified atom stereocenters. The van der Waals surface area contributed by atoms with Crippen molar-refractivity contribution in [2.75, 3.05) is 0 Å². The molecule has 0 amide bonds. The fourth-order valence-corrected chi connectivity index (χ4v) is 2.99. The van der Waals surface area contributed by atoms with Crippen LogP contribution in [0.5, 0.6) is 0 Å². The average Bonchev–Trinajstić information content (AvgIpc) is 3.06.